The molecule has 0 saturated heterocycles. The molecule has 0 aliphatic heterocycles. The summed E-state index contributed by atoms with van der Waals surface area (Å²) in [4.78, 5) is 42.2. The number of alkyl halides is 3. The highest BCUT2D eigenvalue weighted by atomic mass is 19.4. The first-order chi connectivity index (χ1) is 18.9. The third-order valence-electron chi connectivity index (χ3n) is 8.85. The van der Waals surface area contributed by atoms with E-state index in [1.165, 1.54) is 19.0 Å². The third-order valence-corrected chi connectivity index (χ3v) is 8.85. The summed E-state index contributed by atoms with van der Waals surface area (Å²) in [5, 5.41) is 44.6. The van der Waals surface area contributed by atoms with E-state index < -0.39 is 98.7 Å². The van der Waals surface area contributed by atoms with Gasteiger partial charge in [-0.25, -0.2) is 0 Å². The van der Waals surface area contributed by atoms with Crippen molar-refractivity contribution in [2.45, 2.75) is 63.5 Å². The number of primary amides is 1. The van der Waals surface area contributed by atoms with E-state index in [1.807, 2.05) is 13.8 Å². The topological polar surface area (TPSA) is 165 Å². The lowest BCUT2D eigenvalue weighted by Gasteiger charge is -2.50. The molecule has 10 nitrogen and oxygen atoms in total. The quantitative estimate of drug-likeness (QED) is 0.317. The minimum Gasteiger partial charge on any atom is -0.510 e. The molecule has 41 heavy (non-hydrogen) atoms. The second kappa shape index (κ2) is 10.1. The van der Waals surface area contributed by atoms with Crippen molar-refractivity contribution in [1.82, 2.24) is 9.80 Å². The van der Waals surface area contributed by atoms with Crippen LogP contribution in [0, 0.1) is 11.8 Å². The number of aliphatic hydroxyl groups excluding tert-OH is 2. The first-order valence-electron chi connectivity index (χ1n) is 13.2. The number of aromatic hydroxyl groups is 1. The van der Waals surface area contributed by atoms with E-state index in [0.29, 0.717) is 6.42 Å². The zero-order valence-electron chi connectivity index (χ0n) is 23.3. The van der Waals surface area contributed by atoms with Crippen LogP contribution in [-0.2, 0) is 28.7 Å². The van der Waals surface area contributed by atoms with Crippen molar-refractivity contribution in [1.29, 1.82) is 0 Å². The number of ketones is 2. The number of halogens is 3. The van der Waals surface area contributed by atoms with Gasteiger partial charge in [-0.15, -0.1) is 0 Å². The number of fused-ring (bicyclic) bond motifs is 3. The molecule has 3 aliphatic rings. The van der Waals surface area contributed by atoms with Gasteiger partial charge >= 0.3 is 6.18 Å². The molecule has 5 atom stereocenters. The molecule has 0 fully saturated rings. The molecule has 0 heterocycles. The highest BCUT2D eigenvalue weighted by molar-refractivity contribution is 6.24. The van der Waals surface area contributed by atoms with Crippen molar-refractivity contribution < 1.29 is 48.0 Å². The Morgan fingerprint density at radius 2 is 1.80 bits per heavy atom. The molecule has 0 aromatic heterocycles. The molecule has 0 saturated carbocycles. The fourth-order valence-corrected chi connectivity index (χ4v) is 6.60. The Labute approximate surface area is 234 Å². The molecule has 0 spiro atoms. The fraction of sp³-hybridized carbons (Fsp3) is 0.536. The van der Waals surface area contributed by atoms with Gasteiger partial charge < -0.3 is 26.2 Å². The molecule has 0 radical (unpaired) electrons. The monoisotopic (exact) mass is 581 g/mol. The number of aliphatic hydroxyl groups is 3. The Kier molecular flexibility index (Phi) is 7.55. The van der Waals surface area contributed by atoms with E-state index in [1.54, 1.807) is 11.9 Å². The van der Waals surface area contributed by atoms with Crippen LogP contribution in [0.25, 0.3) is 0 Å². The molecule has 1 aromatic carbocycles. The number of hydrogen-bond donors (Lipinski definition) is 5. The number of phenolic OH excluding ortho intramolecular Hbond substituents is 1. The zero-order valence-corrected chi connectivity index (χ0v) is 23.3. The van der Waals surface area contributed by atoms with Crippen LogP contribution in [0.15, 0.2) is 28.7 Å². The Morgan fingerprint density at radius 1 is 1.20 bits per heavy atom. The Bertz CT molecular complexity index is 1400. The van der Waals surface area contributed by atoms with Crippen LogP contribution in [0.5, 0.6) is 5.75 Å². The first-order valence-corrected chi connectivity index (χ1v) is 13.2. The second-order valence-corrected chi connectivity index (χ2v) is 11.4. The average Bonchev–Trinajstić information content (AvgIpc) is 2.84. The second-order valence-electron chi connectivity index (χ2n) is 11.4. The molecule has 224 valence electrons. The summed E-state index contributed by atoms with van der Waals surface area (Å²) in [7, 11) is 4.58. The van der Waals surface area contributed by atoms with Gasteiger partial charge in [-0.05, 0) is 70.4 Å². The van der Waals surface area contributed by atoms with Crippen LogP contribution in [-0.4, -0.2) is 86.5 Å². The van der Waals surface area contributed by atoms with Crippen molar-refractivity contribution in [2.24, 2.45) is 17.6 Å². The number of carbonyl (C=O) groups is 3. The standard InChI is InChI=1S/C28H34F3N3O7/c1-6-11(2)34(5)10-13-9-16(35)18-14(20(13)28(29,30)31)7-12-8-15-21(33(3)4)23(37)19(26(32)40)25(39)27(15,41)24(38)17(12)22(18)36/h9,11-12,15,21,35,37-38,41H,6-8,10H2,1-5H3,(H2,32,40)/t11?,12-,15-,21-,27-/m0/s1. The lowest BCUT2D eigenvalue weighted by atomic mass is 9.58. The van der Waals surface area contributed by atoms with E-state index in [2.05, 4.69) is 0 Å². The van der Waals surface area contributed by atoms with Gasteiger partial charge in [-0.1, -0.05) is 6.92 Å². The Balaban J connectivity index is 1.96. The van der Waals surface area contributed by atoms with Crippen LogP contribution in [0.2, 0.25) is 0 Å². The molecule has 3 aliphatic carbocycles. The van der Waals surface area contributed by atoms with Gasteiger partial charge in [0.2, 0.25) is 5.78 Å². The van der Waals surface area contributed by atoms with E-state index in [4.69, 9.17) is 5.73 Å². The largest absolute Gasteiger partial charge is 0.510 e. The van der Waals surface area contributed by atoms with E-state index >= 15 is 0 Å². The van der Waals surface area contributed by atoms with Crippen molar-refractivity contribution in [3.8, 4) is 5.75 Å². The molecule has 1 unspecified atom stereocenters. The van der Waals surface area contributed by atoms with E-state index in [-0.39, 0.29) is 24.6 Å². The van der Waals surface area contributed by atoms with Crippen molar-refractivity contribution >= 4 is 17.5 Å². The van der Waals surface area contributed by atoms with Gasteiger partial charge in [0.05, 0.1) is 17.2 Å². The summed E-state index contributed by atoms with van der Waals surface area (Å²) in [5.41, 5.74) is -1.45. The predicted molar refractivity (Wildman–Crippen MR) is 140 cm³/mol. The highest BCUT2D eigenvalue weighted by Gasteiger charge is 2.63. The number of nitrogens with zero attached hydrogens (tertiary/aromatic N) is 2. The maximum atomic E-state index is 14.6. The number of nitrogens with two attached hydrogens (primary N) is 1. The molecular formula is C28H34F3N3O7. The summed E-state index contributed by atoms with van der Waals surface area (Å²) >= 11 is 0. The number of hydrogen-bond acceptors (Lipinski definition) is 9. The number of carbonyl (C=O) groups excluding carboxylic acids is 3. The number of rotatable bonds is 6. The molecular weight excluding hydrogens is 547 g/mol. The number of allylic oxidation sites excluding steroid dienone is 1. The minimum atomic E-state index is -4.90. The zero-order chi connectivity index (χ0) is 30.9. The van der Waals surface area contributed by atoms with Crippen molar-refractivity contribution in [3.63, 3.8) is 0 Å². The molecule has 13 heteroatoms. The van der Waals surface area contributed by atoms with Gasteiger partial charge in [-0.3, -0.25) is 24.2 Å². The summed E-state index contributed by atoms with van der Waals surface area (Å²) in [6.07, 6.45) is -4.98. The SMILES string of the molecule is CCC(C)N(C)Cc1cc(O)c2c(c1C(F)(F)F)C[C@H]1C[C@H]3[C@H](N(C)C)C(O)=C(C(N)=O)C(=O)[C@@]3(O)C(O)=C1C2=O. The molecule has 1 amide bonds. The maximum Gasteiger partial charge on any atom is 0.417 e. The average molecular weight is 582 g/mol. The molecule has 1 aromatic rings. The number of phenols is 1. The van der Waals surface area contributed by atoms with Crippen molar-refractivity contribution in [2.75, 3.05) is 21.1 Å². The molecule has 0 bridgehead atoms. The van der Waals surface area contributed by atoms with Gasteiger partial charge in [0.25, 0.3) is 5.91 Å². The maximum absolute atomic E-state index is 14.6. The van der Waals surface area contributed by atoms with Gasteiger partial charge in [-0.2, -0.15) is 13.2 Å². The third kappa shape index (κ3) is 4.50. The molecule has 4 rings (SSSR count). The number of likely N-dealkylation sites (N-methyl/N-ethyl adjacent to an activating group) is 1. The van der Waals surface area contributed by atoms with Crippen LogP contribution in [0.1, 0.15) is 53.7 Å². The Morgan fingerprint density at radius 3 is 2.32 bits per heavy atom. The normalized spacial score (nSPS) is 27.2. The van der Waals surface area contributed by atoms with Crippen LogP contribution >= 0.6 is 0 Å². The fourth-order valence-electron chi connectivity index (χ4n) is 6.60. The minimum absolute atomic E-state index is 0.0729. The van der Waals surface area contributed by atoms with E-state index in [9.17, 15) is 48.0 Å². The van der Waals surface area contributed by atoms with Gasteiger partial charge in [0, 0.05) is 24.1 Å². The summed E-state index contributed by atoms with van der Waals surface area (Å²) < 4.78 is 43.8. The Hall–Kier alpha value is -3.42. The smallest absolute Gasteiger partial charge is 0.417 e. The van der Waals surface area contributed by atoms with Gasteiger partial charge in [0.15, 0.2) is 11.4 Å². The lowest BCUT2D eigenvalue weighted by Crippen LogP contribution is -2.63. The summed E-state index contributed by atoms with van der Waals surface area (Å²) in [6, 6.07) is -0.432. The van der Waals surface area contributed by atoms with Crippen LogP contribution in [0.3, 0.4) is 0 Å². The number of benzene rings is 1. The summed E-state index contributed by atoms with van der Waals surface area (Å²) in [5.74, 6) is -9.02. The lowest BCUT2D eigenvalue weighted by molar-refractivity contribution is -0.148. The van der Waals surface area contributed by atoms with Crippen molar-refractivity contribution in [3.05, 3.63) is 51.0 Å². The van der Waals surface area contributed by atoms with E-state index in [0.717, 1.165) is 6.07 Å². The molecule has 6 N–H and O–H groups in total. The number of amides is 1. The predicted octanol–water partition coefficient (Wildman–Crippen LogP) is 2.37. The van der Waals surface area contributed by atoms with Crippen LogP contribution < -0.4 is 5.73 Å². The van der Waals surface area contributed by atoms with Gasteiger partial charge in [0.1, 0.15) is 22.8 Å². The summed E-state index contributed by atoms with van der Waals surface area (Å²) in [6.45, 7) is 3.57. The number of Topliss-reactive ketones (excluding diaryl/α,β-unsaturated/α-hetero) is 2. The van der Waals surface area contributed by atoms with Crippen LogP contribution in [0.4, 0.5) is 13.2 Å². The highest BCUT2D eigenvalue weighted by Crippen LogP contribution is 2.54. The first kappa shape index (κ1) is 30.5.